The van der Waals surface area contributed by atoms with Gasteiger partial charge in [0.25, 0.3) is 0 Å². The molecule has 3 nitrogen and oxygen atoms in total. The van der Waals surface area contributed by atoms with Crippen LogP contribution in [0.5, 0.6) is 0 Å². The van der Waals surface area contributed by atoms with Crippen molar-refractivity contribution < 1.29 is 10.0 Å². The first-order chi connectivity index (χ1) is 7.29. The molecule has 0 bridgehead atoms. The van der Waals surface area contributed by atoms with Crippen molar-refractivity contribution in [1.82, 2.24) is 4.98 Å². The summed E-state index contributed by atoms with van der Waals surface area (Å²) in [4.78, 5) is 4.30. The first kappa shape index (κ1) is 10.6. The van der Waals surface area contributed by atoms with Crippen molar-refractivity contribution in [2.24, 2.45) is 0 Å². The molecule has 2 N–H and O–H groups in total. The van der Waals surface area contributed by atoms with Crippen molar-refractivity contribution >= 4 is 12.6 Å². The Bertz CT molecular complexity index is 324. The molecule has 2 rings (SSSR count). The number of pyridine rings is 1. The summed E-state index contributed by atoms with van der Waals surface area (Å²) in [6, 6.07) is 3.50. The van der Waals surface area contributed by atoms with Crippen LogP contribution in [-0.4, -0.2) is 22.2 Å². The zero-order valence-electron chi connectivity index (χ0n) is 8.76. The van der Waals surface area contributed by atoms with Crippen molar-refractivity contribution in [3.8, 4) is 0 Å². The monoisotopic (exact) mass is 205 g/mol. The molecule has 1 aliphatic rings. The molecule has 1 aromatic heterocycles. The summed E-state index contributed by atoms with van der Waals surface area (Å²) >= 11 is 0. The van der Waals surface area contributed by atoms with Crippen LogP contribution in [0.2, 0.25) is 0 Å². The molecule has 0 aliphatic heterocycles. The molecule has 0 aromatic carbocycles. The molecule has 1 heterocycles. The predicted octanol–water partition coefficient (Wildman–Crippen LogP) is 0.809. The van der Waals surface area contributed by atoms with E-state index in [-0.39, 0.29) is 0 Å². The number of aromatic nitrogens is 1. The minimum absolute atomic E-state index is 0.414. The second-order valence-electron chi connectivity index (χ2n) is 4.19. The van der Waals surface area contributed by atoms with Gasteiger partial charge < -0.3 is 10.0 Å². The zero-order valence-corrected chi connectivity index (χ0v) is 8.76. The Morgan fingerprint density at radius 2 is 1.93 bits per heavy atom. The first-order valence-corrected chi connectivity index (χ1v) is 5.60. The Labute approximate surface area is 90.3 Å². The average molecular weight is 205 g/mol. The highest BCUT2D eigenvalue weighted by atomic mass is 16.4. The Balaban J connectivity index is 2.25. The van der Waals surface area contributed by atoms with Gasteiger partial charge in [0.05, 0.1) is 0 Å². The number of nitrogens with zero attached hydrogens (tertiary/aromatic N) is 1. The van der Waals surface area contributed by atoms with Gasteiger partial charge in [0.1, 0.15) is 0 Å². The fraction of sp³-hybridized carbons (Fsp3) is 0.545. The zero-order chi connectivity index (χ0) is 10.7. The van der Waals surface area contributed by atoms with Crippen LogP contribution in [-0.2, 0) is 0 Å². The lowest BCUT2D eigenvalue weighted by atomic mass is 9.73. The lowest BCUT2D eigenvalue weighted by Crippen LogP contribution is -2.35. The van der Waals surface area contributed by atoms with Crippen molar-refractivity contribution in [2.45, 2.75) is 38.0 Å². The van der Waals surface area contributed by atoms with E-state index in [1.165, 1.54) is 19.3 Å². The minimum Gasteiger partial charge on any atom is -0.423 e. The van der Waals surface area contributed by atoms with E-state index in [0.717, 1.165) is 18.5 Å². The van der Waals surface area contributed by atoms with E-state index in [0.29, 0.717) is 11.4 Å². The SMILES string of the molecule is OB(O)c1cccnc1C1CCCCC1. The first-order valence-electron chi connectivity index (χ1n) is 5.60. The normalized spacial score (nSPS) is 17.7. The summed E-state index contributed by atoms with van der Waals surface area (Å²) in [5.74, 6) is 0.414. The topological polar surface area (TPSA) is 53.4 Å². The molecule has 0 saturated heterocycles. The largest absolute Gasteiger partial charge is 0.490 e. The number of hydrogen-bond acceptors (Lipinski definition) is 3. The van der Waals surface area contributed by atoms with E-state index >= 15 is 0 Å². The van der Waals surface area contributed by atoms with E-state index in [4.69, 9.17) is 0 Å². The Morgan fingerprint density at radius 3 is 2.60 bits per heavy atom. The van der Waals surface area contributed by atoms with E-state index < -0.39 is 7.12 Å². The van der Waals surface area contributed by atoms with Gasteiger partial charge >= 0.3 is 7.12 Å². The van der Waals surface area contributed by atoms with Gasteiger partial charge in [-0.25, -0.2) is 0 Å². The van der Waals surface area contributed by atoms with E-state index in [9.17, 15) is 10.0 Å². The van der Waals surface area contributed by atoms with E-state index in [1.807, 2.05) is 0 Å². The van der Waals surface area contributed by atoms with Crippen molar-refractivity contribution in [1.29, 1.82) is 0 Å². The van der Waals surface area contributed by atoms with Gasteiger partial charge in [0.2, 0.25) is 0 Å². The second-order valence-corrected chi connectivity index (χ2v) is 4.19. The quantitative estimate of drug-likeness (QED) is 0.702. The van der Waals surface area contributed by atoms with E-state index in [1.54, 1.807) is 18.3 Å². The summed E-state index contributed by atoms with van der Waals surface area (Å²) in [7, 11) is -1.39. The fourth-order valence-corrected chi connectivity index (χ4v) is 2.37. The lowest BCUT2D eigenvalue weighted by molar-refractivity contribution is 0.417. The van der Waals surface area contributed by atoms with Gasteiger partial charge in [0.15, 0.2) is 0 Å². The average Bonchev–Trinajstić information content (AvgIpc) is 2.30. The van der Waals surface area contributed by atoms with Crippen molar-refractivity contribution in [3.63, 3.8) is 0 Å². The molecule has 0 atom stereocenters. The molecule has 80 valence electrons. The third kappa shape index (κ3) is 2.38. The molecular weight excluding hydrogens is 189 g/mol. The van der Waals surface area contributed by atoms with Gasteiger partial charge in [0, 0.05) is 23.3 Å². The van der Waals surface area contributed by atoms with Gasteiger partial charge in [-0.1, -0.05) is 25.3 Å². The van der Waals surface area contributed by atoms with Crippen molar-refractivity contribution in [3.05, 3.63) is 24.0 Å². The van der Waals surface area contributed by atoms with Gasteiger partial charge in [-0.05, 0) is 18.9 Å². The Morgan fingerprint density at radius 1 is 1.20 bits per heavy atom. The minimum atomic E-state index is -1.39. The molecule has 1 aliphatic carbocycles. The Hall–Kier alpha value is -0.865. The summed E-state index contributed by atoms with van der Waals surface area (Å²) in [5.41, 5.74) is 1.46. The van der Waals surface area contributed by atoms with Crippen LogP contribution in [0, 0.1) is 0 Å². The lowest BCUT2D eigenvalue weighted by Gasteiger charge is -2.23. The molecule has 1 aromatic rings. The molecular formula is C11H16BNO2. The highest BCUT2D eigenvalue weighted by molar-refractivity contribution is 6.59. The second kappa shape index (κ2) is 4.77. The standard InChI is InChI=1S/C11H16BNO2/c14-12(15)10-7-4-8-13-11(10)9-5-2-1-3-6-9/h4,7-9,14-15H,1-3,5-6H2. The number of rotatable bonds is 2. The van der Waals surface area contributed by atoms with Gasteiger partial charge in [-0.15, -0.1) is 0 Å². The van der Waals surface area contributed by atoms with Crippen LogP contribution in [0.1, 0.15) is 43.7 Å². The number of hydrogen-bond donors (Lipinski definition) is 2. The maximum atomic E-state index is 9.25. The fourth-order valence-electron chi connectivity index (χ4n) is 2.37. The van der Waals surface area contributed by atoms with Gasteiger partial charge in [-0.2, -0.15) is 0 Å². The molecule has 0 unspecified atom stereocenters. The molecule has 0 amide bonds. The van der Waals surface area contributed by atoms with Crippen LogP contribution >= 0.6 is 0 Å². The van der Waals surface area contributed by atoms with Crippen molar-refractivity contribution in [2.75, 3.05) is 0 Å². The van der Waals surface area contributed by atoms with Crippen LogP contribution in [0.4, 0.5) is 0 Å². The molecule has 0 spiro atoms. The van der Waals surface area contributed by atoms with Crippen LogP contribution in [0.25, 0.3) is 0 Å². The predicted molar refractivity (Wildman–Crippen MR) is 59.9 cm³/mol. The summed E-state index contributed by atoms with van der Waals surface area (Å²) in [6.45, 7) is 0. The highest BCUT2D eigenvalue weighted by Gasteiger charge is 2.24. The highest BCUT2D eigenvalue weighted by Crippen LogP contribution is 2.30. The van der Waals surface area contributed by atoms with Crippen LogP contribution in [0.3, 0.4) is 0 Å². The smallest absolute Gasteiger partial charge is 0.423 e. The molecule has 1 saturated carbocycles. The van der Waals surface area contributed by atoms with Crippen LogP contribution in [0.15, 0.2) is 18.3 Å². The molecule has 15 heavy (non-hydrogen) atoms. The molecule has 1 fully saturated rings. The molecule has 4 heteroatoms. The third-order valence-electron chi connectivity index (χ3n) is 3.14. The summed E-state index contributed by atoms with van der Waals surface area (Å²) in [5, 5.41) is 18.5. The van der Waals surface area contributed by atoms with Gasteiger partial charge in [-0.3, -0.25) is 4.98 Å². The summed E-state index contributed by atoms with van der Waals surface area (Å²) < 4.78 is 0. The van der Waals surface area contributed by atoms with Crippen LogP contribution < -0.4 is 5.46 Å². The maximum absolute atomic E-state index is 9.25. The maximum Gasteiger partial charge on any atom is 0.490 e. The van der Waals surface area contributed by atoms with E-state index in [2.05, 4.69) is 4.98 Å². The summed E-state index contributed by atoms with van der Waals surface area (Å²) in [6.07, 6.45) is 7.72. The third-order valence-corrected chi connectivity index (χ3v) is 3.14. The Kier molecular flexibility index (Phi) is 3.39. The molecule has 0 radical (unpaired) electrons.